The third-order valence-corrected chi connectivity index (χ3v) is 20.6. The fourth-order valence-corrected chi connectivity index (χ4v) is 13.2. The topological polar surface area (TPSA) is 833 Å². The Hall–Kier alpha value is -11.9. The number of aliphatic carboxylic acids is 3. The summed E-state index contributed by atoms with van der Waals surface area (Å²) in [5.74, 6) is -17.8. The Morgan fingerprint density at radius 1 is 0.520 bits per heavy atom. The average Bonchev–Trinajstić information content (AvgIpc) is 0.814. The van der Waals surface area contributed by atoms with E-state index in [2.05, 4.69) is 84.2 Å². The van der Waals surface area contributed by atoms with E-state index in [-0.39, 0.29) is 134 Å². The highest BCUT2D eigenvalue weighted by Gasteiger charge is 2.45. The first-order valence-electron chi connectivity index (χ1n) is 42.5. The second kappa shape index (κ2) is 59.9. The van der Waals surface area contributed by atoms with Gasteiger partial charge in [0.05, 0.1) is 48.8 Å². The number of hydrogen-bond acceptors (Lipinski definition) is 27. The number of aliphatic imine (C=N–C) groups is 3. The third-order valence-electron chi connectivity index (χ3n) is 20.6. The summed E-state index contributed by atoms with van der Waals surface area (Å²) in [5.41, 5.74) is 43.1. The zero-order valence-electron chi connectivity index (χ0n) is 73.5. The van der Waals surface area contributed by atoms with E-state index in [1.807, 2.05) is 6.08 Å². The number of Topliss-reactive ketones (excluding diaryl/α,β-unsaturated/α-hetero) is 4. The number of nitrogens with zero attached hydrogens (tertiary/aromatic N) is 3. The fraction of sp³-hybridized carbons (Fsp3) is 0.696. The van der Waals surface area contributed by atoms with E-state index in [4.69, 9.17) is 51.7 Å². The molecule has 0 saturated carbocycles. The van der Waals surface area contributed by atoms with Crippen LogP contribution in [0.5, 0.6) is 0 Å². The summed E-state index contributed by atoms with van der Waals surface area (Å²) in [6.07, 6.45) is -0.556. The molecule has 0 saturated heterocycles. The van der Waals surface area contributed by atoms with Crippen LogP contribution in [0.15, 0.2) is 27.1 Å². The number of aliphatic hydroxyl groups is 1. The van der Waals surface area contributed by atoms with E-state index < -0.39 is 259 Å². The minimum atomic E-state index is -2.15. The molecule has 0 radical (unpaired) electrons. The van der Waals surface area contributed by atoms with Crippen LogP contribution < -0.4 is 121 Å². The average molecular weight is 1810 g/mol. The Balaban J connectivity index is 4.55. The molecular formula is C79H137N25O23. The summed E-state index contributed by atoms with van der Waals surface area (Å²) < 4.78 is 0. The summed E-state index contributed by atoms with van der Waals surface area (Å²) in [4.78, 5) is 277. The standard InChI is InChI=1S/C79H137N25O23/c1-8-44(4)60(101-70(123)55(42-106)98-68(121)52(104-88)29-32-58(110)111)71(124)97-53(39-43(2)3)64(117)63(116)48(25-21-37-90-75(84)85)102-78(6)33-17-14-12-10-9-11-13-15-18-34-79(7,72(125)92-45(5)41-105)103-77(127)100-46(24-20-36-89-74(82)83)61(114)62(115)47(27-30-56(81)107)93-65(118)49(23-16-19-35-80)94-67(120)51(28-31-57(108)109)96-66(119)50(26-22-38-91-76(86)87)95-69(122)54(40-59(112)113)99-73(78)126/h11,13,41,43-55,60,102,104,106H,8-10,12,14-40,42,80,88H2,1-7H3,(H2,81,107)(H,92,125)(H,93,118)(H,94,120)(H,95,122)(H,96,119)(H,97,124)(H,98,121)(H,99,126)(H,101,123)(H,108,109)(H,110,111)(H,112,113)(H4,82,83,89)(H4,84,85,90)(H4,86,87,91)(H2,100,103,127)/b13-11+/t44-,45-,46-,47-,48-,49?,50?,51-,52-,53?,54-,55?,60-,78+,79-/m0/s1. The van der Waals surface area contributed by atoms with Gasteiger partial charge in [-0.1, -0.05) is 65.5 Å². The first-order valence-corrected chi connectivity index (χ1v) is 42.5. The lowest BCUT2D eigenvalue weighted by atomic mass is 9.87. The van der Waals surface area contributed by atoms with Crippen molar-refractivity contribution in [1.29, 1.82) is 0 Å². The van der Waals surface area contributed by atoms with Crippen molar-refractivity contribution in [2.45, 2.75) is 305 Å². The van der Waals surface area contributed by atoms with Gasteiger partial charge < -0.3 is 130 Å². The van der Waals surface area contributed by atoms with Crippen molar-refractivity contribution in [3.8, 4) is 0 Å². The summed E-state index contributed by atoms with van der Waals surface area (Å²) >= 11 is 0. The molecule has 0 aromatic heterocycles. The minimum Gasteiger partial charge on any atom is -0.481 e. The Bertz CT molecular complexity index is 3840. The maximum Gasteiger partial charge on any atom is 0.316 e. The van der Waals surface area contributed by atoms with Crippen LogP contribution in [0, 0.1) is 11.8 Å². The smallest absolute Gasteiger partial charge is 0.316 e. The lowest BCUT2D eigenvalue weighted by molar-refractivity contribution is -0.143. The highest BCUT2D eigenvalue weighted by atomic mass is 16.4. The molecule has 0 aliphatic carbocycles. The number of unbranched alkanes of at least 4 members (excludes halogenated alkanes) is 1. The summed E-state index contributed by atoms with van der Waals surface area (Å²) in [6.45, 7) is 9.00. The predicted molar refractivity (Wildman–Crippen MR) is 463 cm³/mol. The van der Waals surface area contributed by atoms with Crippen molar-refractivity contribution >= 4 is 130 Å². The van der Waals surface area contributed by atoms with Gasteiger partial charge in [-0.15, -0.1) is 0 Å². The molecule has 15 atom stereocenters. The second-order valence-electron chi connectivity index (χ2n) is 32.1. The molecule has 1 aliphatic rings. The largest absolute Gasteiger partial charge is 0.481 e. The molecule has 127 heavy (non-hydrogen) atoms. The Morgan fingerprint density at radius 2 is 1.00 bits per heavy atom. The molecule has 48 nitrogen and oxygen atoms in total. The maximum absolute atomic E-state index is 15.5. The number of urea groups is 1. The number of aldehydes is 1. The molecule has 1 heterocycles. The van der Waals surface area contributed by atoms with Crippen molar-refractivity contribution < 1.29 is 112 Å². The number of hydrogen-bond donors (Lipinski definition) is 26. The van der Waals surface area contributed by atoms with E-state index in [9.17, 15) is 97.1 Å². The zero-order valence-corrected chi connectivity index (χ0v) is 73.5. The van der Waals surface area contributed by atoms with E-state index in [1.165, 1.54) is 20.8 Å². The summed E-state index contributed by atoms with van der Waals surface area (Å²) in [6, 6.07) is -21.7. The normalized spacial score (nSPS) is 22.1. The zero-order chi connectivity index (χ0) is 96.3. The van der Waals surface area contributed by atoms with Crippen LogP contribution >= 0.6 is 0 Å². The van der Waals surface area contributed by atoms with Gasteiger partial charge in [0.15, 0.2) is 17.9 Å². The molecule has 0 fully saturated rings. The minimum absolute atomic E-state index is 0.0325. The third kappa shape index (κ3) is 44.7. The number of hydrazine groups is 1. The van der Waals surface area contributed by atoms with Crippen molar-refractivity contribution in [1.82, 2.24) is 69.2 Å². The molecule has 48 heteroatoms. The molecule has 1 aliphatic heterocycles. The molecule has 0 aromatic rings. The van der Waals surface area contributed by atoms with E-state index in [1.54, 1.807) is 33.8 Å². The molecule has 0 bridgehead atoms. The number of carboxylic acid groups (broad SMARTS) is 3. The fourth-order valence-electron chi connectivity index (χ4n) is 13.2. The van der Waals surface area contributed by atoms with E-state index in [0.29, 0.717) is 38.4 Å². The van der Waals surface area contributed by atoms with Gasteiger partial charge in [0.1, 0.15) is 54.1 Å². The molecule has 12 amide bonds. The highest BCUT2D eigenvalue weighted by molar-refractivity contribution is 6.42. The molecule has 1 rings (SSSR count). The Morgan fingerprint density at radius 3 is 1.50 bits per heavy atom. The van der Waals surface area contributed by atoms with E-state index >= 15 is 14.4 Å². The second-order valence-corrected chi connectivity index (χ2v) is 32.1. The highest BCUT2D eigenvalue weighted by Crippen LogP contribution is 2.24. The first kappa shape index (κ1) is 113. The Kier molecular flexibility index (Phi) is 53.3. The van der Waals surface area contributed by atoms with Gasteiger partial charge in [-0.25, -0.2) is 10.2 Å². The molecule has 35 N–H and O–H groups in total. The number of carbonyl (C=O) groups is 19. The molecule has 0 spiro atoms. The number of allylic oxidation sites excluding steroid dienone is 2. The van der Waals surface area contributed by atoms with Crippen molar-refractivity contribution in [3.63, 3.8) is 0 Å². The SMILES string of the molecule is CC[C@H](C)[C@H](NC(=O)C(CO)NC(=O)[C@H](CCC(=O)O)NN)C(=O)NC(CC(C)C)C(=O)C(=O)[C@H](CCCN=C(N)N)N[C@]1(C)CCCCCC/C=C/CCC[C@@](C)(C(=O)N[C@@H](C)C=O)NC(=O)N[C@@H](CCCN=C(N)N)C(=O)C(=O)[C@H](CCC(N)=O)NC(=O)C(CCCCN)NC(=O)[C@H](CCC(=O)O)NC(=O)C(CCCN=C(N)N)NC(=O)[C@H](CC(=O)O)NC1=O. The quantitative estimate of drug-likeness (QED) is 0.00394. The van der Waals surface area contributed by atoms with Crippen LogP contribution in [0.4, 0.5) is 4.79 Å². The van der Waals surface area contributed by atoms with Crippen molar-refractivity contribution in [2.24, 2.45) is 78.5 Å². The van der Waals surface area contributed by atoms with Crippen LogP contribution in [0.25, 0.3) is 0 Å². The number of amides is 12. The van der Waals surface area contributed by atoms with Crippen molar-refractivity contribution in [3.05, 3.63) is 12.2 Å². The Labute approximate surface area is 737 Å². The van der Waals surface area contributed by atoms with Gasteiger partial charge in [-0.3, -0.25) is 108 Å². The van der Waals surface area contributed by atoms with Gasteiger partial charge in [0, 0.05) is 38.9 Å². The van der Waals surface area contributed by atoms with Gasteiger partial charge in [-0.2, -0.15) is 0 Å². The first-order chi connectivity index (χ1) is 59.7. The number of guanidine groups is 3. The van der Waals surface area contributed by atoms with Crippen LogP contribution in [0.1, 0.15) is 222 Å². The summed E-state index contributed by atoms with van der Waals surface area (Å²) in [5, 5.41) is 69.8. The van der Waals surface area contributed by atoms with Gasteiger partial charge in [0.25, 0.3) is 0 Å². The number of ketones is 4. The predicted octanol–water partition coefficient (Wildman–Crippen LogP) is -6.26. The van der Waals surface area contributed by atoms with Crippen LogP contribution in [-0.4, -0.2) is 267 Å². The van der Waals surface area contributed by atoms with E-state index in [0.717, 1.165) is 0 Å². The number of rotatable bonds is 47. The van der Waals surface area contributed by atoms with Crippen LogP contribution in [0.2, 0.25) is 0 Å². The number of primary amides is 1. The lowest BCUT2D eigenvalue weighted by Gasteiger charge is -2.35. The van der Waals surface area contributed by atoms with Gasteiger partial charge >= 0.3 is 23.9 Å². The number of nitrogens with two attached hydrogens (primary N) is 9. The van der Waals surface area contributed by atoms with Crippen molar-refractivity contribution in [2.75, 3.05) is 32.8 Å². The molecular weight excluding hydrogens is 1670 g/mol. The number of carbonyl (C=O) groups excluding carboxylic acids is 16. The van der Waals surface area contributed by atoms with Crippen LogP contribution in [0.3, 0.4) is 0 Å². The number of nitrogens with one attached hydrogen (secondary N) is 13. The van der Waals surface area contributed by atoms with Crippen LogP contribution in [-0.2, 0) is 86.3 Å². The number of carboxylic acids is 3. The molecule has 4 unspecified atom stereocenters. The lowest BCUT2D eigenvalue weighted by Crippen LogP contribution is -2.64. The number of aliphatic hydroxyl groups excluding tert-OH is 1. The molecule has 0 aromatic carbocycles. The van der Waals surface area contributed by atoms with Gasteiger partial charge in [-0.05, 0) is 161 Å². The van der Waals surface area contributed by atoms with Gasteiger partial charge in [0.2, 0.25) is 82.2 Å². The monoisotopic (exact) mass is 1800 g/mol. The molecule has 716 valence electrons. The summed E-state index contributed by atoms with van der Waals surface area (Å²) in [7, 11) is 0. The maximum atomic E-state index is 15.5.